The Morgan fingerprint density at radius 2 is 1.98 bits per heavy atom. The van der Waals surface area contributed by atoms with Crippen molar-refractivity contribution in [2.24, 2.45) is 17.1 Å². The van der Waals surface area contributed by atoms with Gasteiger partial charge < -0.3 is 25.4 Å². The molecule has 2 aromatic rings. The van der Waals surface area contributed by atoms with Crippen molar-refractivity contribution in [3.05, 3.63) is 42.1 Å². The lowest BCUT2D eigenvalue weighted by Crippen LogP contribution is -2.57. The molecule has 11 nitrogen and oxygen atoms in total. The molecule has 1 aromatic carbocycles. The summed E-state index contributed by atoms with van der Waals surface area (Å²) in [5, 5.41) is 4.12. The molecule has 1 saturated heterocycles. The highest BCUT2D eigenvalue weighted by Gasteiger charge is 2.61. The zero-order chi connectivity index (χ0) is 32.2. The van der Waals surface area contributed by atoms with Crippen molar-refractivity contribution in [2.75, 3.05) is 19.4 Å². The number of Topliss-reactive ketones (excluding diaryl/α,β-unsaturated/α-hetero) is 1. The highest BCUT2D eigenvalue weighted by Crippen LogP contribution is 2.46. The molecule has 13 heteroatoms. The molecule has 3 aliphatic rings. The number of aromatic nitrogens is 1. The summed E-state index contributed by atoms with van der Waals surface area (Å²) in [4.78, 5) is 46.8. The second-order valence-electron chi connectivity index (χ2n) is 13.1. The van der Waals surface area contributed by atoms with Crippen LogP contribution in [0.15, 0.2) is 37.1 Å². The Morgan fingerprint density at radius 3 is 2.57 bits per heavy atom. The molecular weight excluding hydrogens is 608 g/mol. The van der Waals surface area contributed by atoms with Crippen LogP contribution >= 0.6 is 11.6 Å². The second-order valence-corrected chi connectivity index (χ2v) is 15.8. The third-order valence-electron chi connectivity index (χ3n) is 8.83. The van der Waals surface area contributed by atoms with Crippen molar-refractivity contribution in [3.8, 4) is 11.6 Å². The van der Waals surface area contributed by atoms with Gasteiger partial charge in [0.05, 0.1) is 31.1 Å². The minimum absolute atomic E-state index is 0.0400. The van der Waals surface area contributed by atoms with Crippen molar-refractivity contribution >= 4 is 49.8 Å². The van der Waals surface area contributed by atoms with Crippen LogP contribution in [-0.4, -0.2) is 84.3 Å². The average Bonchev–Trinajstić information content (AvgIpc) is 3.88. The highest BCUT2D eigenvalue weighted by molar-refractivity contribution is 7.93. The molecule has 5 rings (SSSR count). The molecule has 2 aliphatic carbocycles. The first-order valence-corrected chi connectivity index (χ1v) is 16.7. The number of carbonyl (C=O) groups is 3. The molecule has 3 N–H and O–H groups in total. The predicted molar refractivity (Wildman–Crippen MR) is 166 cm³/mol. The smallest absolute Gasteiger partial charge is 0.243 e. The summed E-state index contributed by atoms with van der Waals surface area (Å²) in [6.45, 7) is 9.30. The summed E-state index contributed by atoms with van der Waals surface area (Å²) in [6.07, 6.45) is 3.84. The second kappa shape index (κ2) is 11.6. The summed E-state index contributed by atoms with van der Waals surface area (Å²) in [5.74, 6) is -1.86. The zero-order valence-corrected chi connectivity index (χ0v) is 26.9. The minimum Gasteiger partial charge on any atom is -0.494 e. The largest absolute Gasteiger partial charge is 0.494 e. The number of sulfone groups is 1. The summed E-state index contributed by atoms with van der Waals surface area (Å²) in [7, 11) is -2.07. The van der Waals surface area contributed by atoms with Crippen molar-refractivity contribution < 1.29 is 32.3 Å². The van der Waals surface area contributed by atoms with Crippen LogP contribution in [0.1, 0.15) is 46.5 Å². The maximum atomic E-state index is 13.9. The van der Waals surface area contributed by atoms with Gasteiger partial charge in [-0.1, -0.05) is 38.4 Å². The lowest BCUT2D eigenvalue weighted by atomic mass is 9.86. The molecule has 1 aliphatic heterocycles. The number of carbonyl (C=O) groups excluding carboxylic acids is 3. The van der Waals surface area contributed by atoms with Gasteiger partial charge in [0, 0.05) is 28.1 Å². The molecule has 2 heterocycles. The Labute approximate surface area is 262 Å². The fourth-order valence-electron chi connectivity index (χ4n) is 5.77. The third kappa shape index (κ3) is 6.16. The Balaban J connectivity index is 1.42. The van der Waals surface area contributed by atoms with E-state index in [0.717, 1.165) is 5.39 Å². The number of nitrogens with one attached hydrogen (secondary N) is 1. The fraction of sp³-hybridized carbons (Fsp3) is 0.548. The summed E-state index contributed by atoms with van der Waals surface area (Å²) in [6, 6.07) is 3.27. The van der Waals surface area contributed by atoms with E-state index in [2.05, 4.69) is 16.9 Å². The lowest BCUT2D eigenvalue weighted by molar-refractivity contribution is -0.142. The molecule has 3 fully saturated rings. The summed E-state index contributed by atoms with van der Waals surface area (Å²) in [5.41, 5.74) is 4.37. The Morgan fingerprint density at radius 1 is 1.27 bits per heavy atom. The van der Waals surface area contributed by atoms with Crippen molar-refractivity contribution in [1.82, 2.24) is 15.2 Å². The standard InChI is InChI=1S/C31H39ClN4O7S/c1-6-17-13-31(17,25(37)16-44(40,41)20-8-9-20)35-27(38)23-12-19(15-36(23)29(39)26(33)30(2,3)4)43-28-22-11-18(32)7-10-21(22)24(42-5)14-34-28/h6-7,10-11,14,17,19-20,23,26H,1,8-9,12-13,15-16,33H2,2-5H3,(H,35,38)/t17-,19-,23+,26-,31-/m1/s1. The number of halogens is 1. The van der Waals surface area contributed by atoms with E-state index >= 15 is 0 Å². The number of methoxy groups -OCH3 is 1. The molecule has 0 bridgehead atoms. The first kappa shape index (κ1) is 32.2. The fourth-order valence-corrected chi connectivity index (χ4v) is 7.65. The van der Waals surface area contributed by atoms with E-state index in [1.807, 2.05) is 20.8 Å². The maximum Gasteiger partial charge on any atom is 0.243 e. The van der Waals surface area contributed by atoms with Gasteiger partial charge >= 0.3 is 0 Å². The van der Waals surface area contributed by atoms with Gasteiger partial charge in [0.15, 0.2) is 15.6 Å². The SMILES string of the molecule is C=C[C@@H]1C[C@]1(NC(=O)[C@@H]1C[C@@H](Oc2ncc(OC)c3ccc(Cl)cc23)CN1C(=O)[C@@H](N)C(C)(C)C)C(=O)CS(=O)(=O)C1CC1. The molecule has 1 aromatic heterocycles. The Hall–Kier alpha value is -3.22. The van der Waals surface area contributed by atoms with E-state index in [9.17, 15) is 22.8 Å². The first-order valence-electron chi connectivity index (χ1n) is 14.7. The molecule has 2 saturated carbocycles. The quantitative estimate of drug-likeness (QED) is 0.350. The zero-order valence-electron chi connectivity index (χ0n) is 25.3. The van der Waals surface area contributed by atoms with Crippen LogP contribution in [0.5, 0.6) is 11.6 Å². The van der Waals surface area contributed by atoms with Crippen LogP contribution in [0, 0.1) is 11.3 Å². The summed E-state index contributed by atoms with van der Waals surface area (Å²) < 4.78 is 37.0. The van der Waals surface area contributed by atoms with E-state index < -0.39 is 73.5 Å². The predicted octanol–water partition coefficient (Wildman–Crippen LogP) is 2.83. The van der Waals surface area contributed by atoms with Gasteiger partial charge in [-0.2, -0.15) is 0 Å². The molecule has 0 unspecified atom stereocenters. The number of hydrogen-bond acceptors (Lipinski definition) is 9. The van der Waals surface area contributed by atoms with E-state index in [1.165, 1.54) is 18.2 Å². The maximum absolute atomic E-state index is 13.9. The van der Waals surface area contributed by atoms with Crippen LogP contribution in [0.4, 0.5) is 0 Å². The van der Waals surface area contributed by atoms with Gasteiger partial charge in [-0.25, -0.2) is 13.4 Å². The van der Waals surface area contributed by atoms with E-state index in [0.29, 0.717) is 29.0 Å². The number of hydrogen-bond donors (Lipinski definition) is 2. The topological polar surface area (TPSA) is 158 Å². The number of likely N-dealkylation sites (tertiary alicyclic amines) is 1. The molecule has 0 spiro atoms. The number of nitrogens with zero attached hydrogens (tertiary/aromatic N) is 2. The number of nitrogens with two attached hydrogens (primary N) is 1. The minimum atomic E-state index is -3.60. The Bertz CT molecular complexity index is 1620. The molecule has 2 amide bonds. The number of rotatable bonds is 11. The Kier molecular flexibility index (Phi) is 8.49. The number of fused-ring (bicyclic) bond motifs is 1. The van der Waals surface area contributed by atoms with Crippen LogP contribution in [0.2, 0.25) is 5.02 Å². The lowest BCUT2D eigenvalue weighted by Gasteiger charge is -2.33. The first-order chi connectivity index (χ1) is 20.6. The van der Waals surface area contributed by atoms with Gasteiger partial charge in [0.1, 0.15) is 29.2 Å². The molecule has 0 radical (unpaired) electrons. The number of ketones is 1. The van der Waals surface area contributed by atoms with Crippen molar-refractivity contribution in [1.29, 1.82) is 0 Å². The molecule has 238 valence electrons. The monoisotopic (exact) mass is 646 g/mol. The van der Waals surface area contributed by atoms with Gasteiger partial charge in [0.2, 0.25) is 17.7 Å². The number of ether oxygens (including phenoxy) is 2. The third-order valence-corrected chi connectivity index (χ3v) is 11.2. The van der Waals surface area contributed by atoms with Gasteiger partial charge in [-0.15, -0.1) is 6.58 Å². The van der Waals surface area contributed by atoms with Crippen LogP contribution in [-0.2, 0) is 24.2 Å². The van der Waals surface area contributed by atoms with Gasteiger partial charge in [-0.05, 0) is 42.9 Å². The van der Waals surface area contributed by atoms with Crippen LogP contribution in [0.25, 0.3) is 10.8 Å². The van der Waals surface area contributed by atoms with Crippen molar-refractivity contribution in [2.45, 2.75) is 75.4 Å². The molecule has 5 atom stereocenters. The normalized spacial score (nSPS) is 25.8. The number of benzene rings is 1. The van der Waals surface area contributed by atoms with Gasteiger partial charge in [0.25, 0.3) is 0 Å². The number of pyridine rings is 1. The van der Waals surface area contributed by atoms with Gasteiger partial charge in [-0.3, -0.25) is 14.4 Å². The molecular formula is C31H39ClN4O7S. The van der Waals surface area contributed by atoms with Crippen molar-refractivity contribution in [3.63, 3.8) is 0 Å². The molecule has 44 heavy (non-hydrogen) atoms. The number of amides is 2. The highest BCUT2D eigenvalue weighted by atomic mass is 35.5. The van der Waals surface area contributed by atoms with Crippen LogP contribution in [0.3, 0.4) is 0 Å². The average molecular weight is 647 g/mol. The van der Waals surface area contributed by atoms with E-state index in [-0.39, 0.29) is 25.3 Å². The summed E-state index contributed by atoms with van der Waals surface area (Å²) >= 11 is 6.27. The van der Waals surface area contributed by atoms with E-state index in [1.54, 1.807) is 24.3 Å². The van der Waals surface area contributed by atoms with E-state index in [4.69, 9.17) is 26.8 Å². The van der Waals surface area contributed by atoms with Crippen LogP contribution < -0.4 is 20.5 Å².